The highest BCUT2D eigenvalue weighted by Crippen LogP contribution is 2.19. The van der Waals surface area contributed by atoms with Crippen molar-refractivity contribution in [3.63, 3.8) is 0 Å². The molecule has 0 radical (unpaired) electrons. The molecule has 1 aliphatic heterocycles. The fraction of sp³-hybridized carbons (Fsp3) is 0.588. The van der Waals surface area contributed by atoms with E-state index in [-0.39, 0.29) is 18.1 Å². The molecular formula is C17H25BrN2O2. The normalized spacial score (nSPS) is 20.4. The summed E-state index contributed by atoms with van der Waals surface area (Å²) in [5, 5.41) is 9.68. The molecule has 1 aromatic carbocycles. The Morgan fingerprint density at radius 1 is 1.41 bits per heavy atom. The fourth-order valence-corrected chi connectivity index (χ4v) is 3.23. The fourth-order valence-electron chi connectivity index (χ4n) is 2.97. The summed E-state index contributed by atoms with van der Waals surface area (Å²) < 4.78 is 0.971. The van der Waals surface area contributed by atoms with Gasteiger partial charge in [-0.2, -0.15) is 0 Å². The molecule has 0 spiro atoms. The molecule has 4 nitrogen and oxygen atoms in total. The van der Waals surface area contributed by atoms with E-state index in [0.717, 1.165) is 24.0 Å². The zero-order chi connectivity index (χ0) is 16.3. The molecule has 22 heavy (non-hydrogen) atoms. The van der Waals surface area contributed by atoms with E-state index in [1.54, 1.807) is 0 Å². The molecule has 1 fully saturated rings. The van der Waals surface area contributed by atoms with Crippen molar-refractivity contribution in [2.75, 3.05) is 26.7 Å². The largest absolute Gasteiger partial charge is 0.392 e. The molecule has 0 aliphatic carbocycles. The predicted molar refractivity (Wildman–Crippen MR) is 91.9 cm³/mol. The highest BCUT2D eigenvalue weighted by atomic mass is 79.9. The van der Waals surface area contributed by atoms with Gasteiger partial charge in [-0.3, -0.25) is 9.69 Å². The van der Waals surface area contributed by atoms with Gasteiger partial charge in [-0.05, 0) is 36.6 Å². The molecule has 122 valence electrons. The molecule has 1 N–H and O–H groups in total. The van der Waals surface area contributed by atoms with Crippen LogP contribution in [0.25, 0.3) is 0 Å². The van der Waals surface area contributed by atoms with E-state index < -0.39 is 0 Å². The van der Waals surface area contributed by atoms with E-state index in [1.165, 1.54) is 0 Å². The van der Waals surface area contributed by atoms with Gasteiger partial charge in [0, 0.05) is 42.8 Å². The molecule has 1 saturated heterocycles. The molecule has 0 saturated carbocycles. The summed E-state index contributed by atoms with van der Waals surface area (Å²) in [5.74, 6) is 0.410. The summed E-state index contributed by atoms with van der Waals surface area (Å²) in [7, 11) is 1.88. The number of carbonyl (C=O) groups is 1. The molecule has 0 aromatic heterocycles. The number of carbonyl (C=O) groups excluding carboxylic acids is 1. The van der Waals surface area contributed by atoms with E-state index in [4.69, 9.17) is 0 Å². The van der Waals surface area contributed by atoms with Crippen LogP contribution in [-0.4, -0.2) is 59.6 Å². The van der Waals surface area contributed by atoms with Crippen LogP contribution in [-0.2, 0) is 0 Å². The average Bonchev–Trinajstić information content (AvgIpc) is 2.89. The van der Waals surface area contributed by atoms with Crippen LogP contribution in [0, 0.1) is 5.92 Å². The lowest BCUT2D eigenvalue weighted by atomic mass is 10.0. The number of aliphatic hydroxyl groups excluding tert-OH is 1. The Morgan fingerprint density at radius 2 is 2.05 bits per heavy atom. The summed E-state index contributed by atoms with van der Waals surface area (Å²) in [6, 6.07) is 7.62. The van der Waals surface area contributed by atoms with Gasteiger partial charge < -0.3 is 10.0 Å². The predicted octanol–water partition coefficient (Wildman–Crippen LogP) is 2.61. The molecule has 2 atom stereocenters. The second kappa shape index (κ2) is 7.57. The SMILES string of the molecule is CC(C)[C@@H](CN1CC[C@@H](O)C1)N(C)C(=O)c1ccc(Br)cc1. The van der Waals surface area contributed by atoms with Crippen molar-refractivity contribution in [2.45, 2.75) is 32.4 Å². The second-order valence-electron chi connectivity index (χ2n) is 6.44. The van der Waals surface area contributed by atoms with Crippen LogP contribution in [0.3, 0.4) is 0 Å². The summed E-state index contributed by atoms with van der Waals surface area (Å²) >= 11 is 3.39. The second-order valence-corrected chi connectivity index (χ2v) is 7.35. The lowest BCUT2D eigenvalue weighted by Gasteiger charge is -2.34. The van der Waals surface area contributed by atoms with E-state index in [0.29, 0.717) is 18.0 Å². The number of hydrogen-bond acceptors (Lipinski definition) is 3. The Kier molecular flexibility index (Phi) is 6.01. The molecule has 0 bridgehead atoms. The number of β-amino-alcohol motifs (C(OH)–C–C–N with tert-alkyl or cyclic N) is 1. The molecule has 2 rings (SSSR count). The first-order valence-corrected chi connectivity index (χ1v) is 8.61. The van der Waals surface area contributed by atoms with Gasteiger partial charge in [-0.1, -0.05) is 29.8 Å². The van der Waals surface area contributed by atoms with Crippen LogP contribution >= 0.6 is 15.9 Å². The number of likely N-dealkylation sites (tertiary alicyclic amines) is 1. The minimum Gasteiger partial charge on any atom is -0.392 e. The Morgan fingerprint density at radius 3 is 2.55 bits per heavy atom. The lowest BCUT2D eigenvalue weighted by molar-refractivity contribution is 0.0633. The quantitative estimate of drug-likeness (QED) is 0.868. The van der Waals surface area contributed by atoms with Gasteiger partial charge in [0.05, 0.1) is 6.10 Å². The number of hydrogen-bond donors (Lipinski definition) is 1. The minimum absolute atomic E-state index is 0.0472. The van der Waals surface area contributed by atoms with E-state index in [9.17, 15) is 9.90 Å². The van der Waals surface area contributed by atoms with Gasteiger partial charge >= 0.3 is 0 Å². The number of nitrogens with zero attached hydrogens (tertiary/aromatic N) is 2. The molecule has 1 heterocycles. The Labute approximate surface area is 141 Å². The third kappa shape index (κ3) is 4.31. The van der Waals surface area contributed by atoms with Crippen molar-refractivity contribution in [3.05, 3.63) is 34.3 Å². The molecular weight excluding hydrogens is 344 g/mol. The summed E-state index contributed by atoms with van der Waals surface area (Å²) in [4.78, 5) is 16.8. The van der Waals surface area contributed by atoms with E-state index in [1.807, 2.05) is 36.2 Å². The third-order valence-corrected chi connectivity index (χ3v) is 4.90. The van der Waals surface area contributed by atoms with Gasteiger partial charge in [0.2, 0.25) is 0 Å². The number of aliphatic hydroxyl groups is 1. The first-order valence-electron chi connectivity index (χ1n) is 7.81. The Balaban J connectivity index is 2.06. The highest BCUT2D eigenvalue weighted by molar-refractivity contribution is 9.10. The number of likely N-dealkylation sites (N-methyl/N-ethyl adjacent to an activating group) is 1. The average molecular weight is 369 g/mol. The van der Waals surface area contributed by atoms with Gasteiger partial charge in [-0.25, -0.2) is 0 Å². The highest BCUT2D eigenvalue weighted by Gasteiger charge is 2.29. The van der Waals surface area contributed by atoms with Crippen LogP contribution in [0.1, 0.15) is 30.6 Å². The van der Waals surface area contributed by atoms with Crippen LogP contribution in [0.4, 0.5) is 0 Å². The number of rotatable bonds is 5. The van der Waals surface area contributed by atoms with E-state index >= 15 is 0 Å². The first-order chi connectivity index (χ1) is 10.4. The number of amides is 1. The van der Waals surface area contributed by atoms with Crippen LogP contribution < -0.4 is 0 Å². The zero-order valence-corrected chi connectivity index (χ0v) is 15.1. The van der Waals surface area contributed by atoms with Crippen molar-refractivity contribution < 1.29 is 9.90 Å². The molecule has 5 heteroatoms. The lowest BCUT2D eigenvalue weighted by Crippen LogP contribution is -2.47. The summed E-state index contributed by atoms with van der Waals surface area (Å²) in [5.41, 5.74) is 0.706. The standard InChI is InChI=1S/C17H25BrN2O2/c1-12(2)16(11-20-9-8-15(21)10-20)19(3)17(22)13-4-6-14(18)7-5-13/h4-7,12,15-16,21H,8-11H2,1-3H3/t15-,16-/m1/s1. The maximum atomic E-state index is 12.7. The van der Waals surface area contributed by atoms with Gasteiger partial charge in [0.25, 0.3) is 5.91 Å². The smallest absolute Gasteiger partial charge is 0.253 e. The molecule has 1 amide bonds. The van der Waals surface area contributed by atoms with Crippen molar-refractivity contribution in [1.29, 1.82) is 0 Å². The van der Waals surface area contributed by atoms with Crippen molar-refractivity contribution in [3.8, 4) is 0 Å². The topological polar surface area (TPSA) is 43.8 Å². The van der Waals surface area contributed by atoms with Gasteiger partial charge in [0.1, 0.15) is 0 Å². The maximum absolute atomic E-state index is 12.7. The third-order valence-electron chi connectivity index (χ3n) is 4.37. The van der Waals surface area contributed by atoms with Crippen LogP contribution in [0.5, 0.6) is 0 Å². The number of halogens is 1. The van der Waals surface area contributed by atoms with Crippen LogP contribution in [0.2, 0.25) is 0 Å². The molecule has 1 aromatic rings. The summed E-state index contributed by atoms with van der Waals surface area (Å²) in [6.45, 7) is 6.72. The summed E-state index contributed by atoms with van der Waals surface area (Å²) in [6.07, 6.45) is 0.607. The van der Waals surface area contributed by atoms with Crippen LogP contribution in [0.15, 0.2) is 28.7 Å². The Hall–Kier alpha value is -0.910. The van der Waals surface area contributed by atoms with Crippen molar-refractivity contribution in [2.24, 2.45) is 5.92 Å². The van der Waals surface area contributed by atoms with Crippen molar-refractivity contribution >= 4 is 21.8 Å². The molecule has 0 unspecified atom stereocenters. The minimum atomic E-state index is -0.222. The zero-order valence-electron chi connectivity index (χ0n) is 13.5. The molecule has 1 aliphatic rings. The maximum Gasteiger partial charge on any atom is 0.253 e. The number of benzene rings is 1. The van der Waals surface area contributed by atoms with Gasteiger partial charge in [0.15, 0.2) is 0 Å². The van der Waals surface area contributed by atoms with E-state index in [2.05, 4.69) is 34.7 Å². The van der Waals surface area contributed by atoms with Gasteiger partial charge in [-0.15, -0.1) is 0 Å². The first kappa shape index (κ1) is 17.4. The Bertz CT molecular complexity index is 504. The van der Waals surface area contributed by atoms with Crippen molar-refractivity contribution in [1.82, 2.24) is 9.80 Å². The monoisotopic (exact) mass is 368 g/mol.